The fourth-order valence-electron chi connectivity index (χ4n) is 5.56. The number of para-hydroxylation sites is 2. The molecule has 1 aliphatic rings. The minimum absolute atomic E-state index is 0.157. The Labute approximate surface area is 202 Å². The highest BCUT2D eigenvalue weighted by Gasteiger charge is 2.42. The summed E-state index contributed by atoms with van der Waals surface area (Å²) in [6.45, 7) is 4.82. The van der Waals surface area contributed by atoms with Crippen LogP contribution >= 0.6 is 0 Å². The Bertz CT molecular complexity index is 1150. The van der Waals surface area contributed by atoms with Gasteiger partial charge in [0, 0.05) is 36.8 Å². The molecule has 1 amide bonds. The maximum absolute atomic E-state index is 12.0. The Morgan fingerprint density at radius 3 is 2.65 bits per heavy atom. The minimum Gasteiger partial charge on any atom is -0.508 e. The van der Waals surface area contributed by atoms with E-state index in [9.17, 15) is 9.90 Å². The maximum atomic E-state index is 12.0. The molecule has 5 heteroatoms. The van der Waals surface area contributed by atoms with E-state index in [-0.39, 0.29) is 5.41 Å². The number of carbonyl (C=O) groups is 1. The van der Waals surface area contributed by atoms with Gasteiger partial charge in [-0.15, -0.1) is 0 Å². The van der Waals surface area contributed by atoms with Gasteiger partial charge in [0.15, 0.2) is 0 Å². The van der Waals surface area contributed by atoms with Crippen LogP contribution in [-0.2, 0) is 11.8 Å². The van der Waals surface area contributed by atoms with Crippen LogP contribution in [0, 0.1) is 12.8 Å². The number of hydrogen-bond donors (Lipinski definition) is 3. The molecule has 0 saturated carbocycles. The van der Waals surface area contributed by atoms with Crippen molar-refractivity contribution in [3.8, 4) is 5.75 Å². The third-order valence-corrected chi connectivity index (χ3v) is 7.50. The van der Waals surface area contributed by atoms with Crippen molar-refractivity contribution in [3.05, 3.63) is 95.1 Å². The quantitative estimate of drug-likeness (QED) is 0.468. The predicted octanol–water partition coefficient (Wildman–Crippen LogP) is 4.42. The maximum Gasteiger partial charge on any atom is 0.248 e. The van der Waals surface area contributed by atoms with Crippen molar-refractivity contribution in [3.63, 3.8) is 0 Å². The van der Waals surface area contributed by atoms with Gasteiger partial charge in [-0.1, -0.05) is 48.5 Å². The molecular weight excluding hydrogens is 422 g/mol. The zero-order chi connectivity index (χ0) is 24.1. The average Bonchev–Trinajstić information content (AvgIpc) is 2.84. The summed E-state index contributed by atoms with van der Waals surface area (Å²) in [5, 5.41) is 14.0. The lowest BCUT2D eigenvalue weighted by molar-refractivity contribution is 0.0999. The van der Waals surface area contributed by atoms with Gasteiger partial charge in [-0.2, -0.15) is 0 Å². The summed E-state index contributed by atoms with van der Waals surface area (Å²) in [6, 6.07) is 23.9. The molecule has 1 fully saturated rings. The summed E-state index contributed by atoms with van der Waals surface area (Å²) in [6.07, 6.45) is 2.59. The number of aromatic hydroxyl groups is 1. The summed E-state index contributed by atoms with van der Waals surface area (Å²) >= 11 is 0. The first kappa shape index (κ1) is 23.8. The first-order chi connectivity index (χ1) is 16.4. The van der Waals surface area contributed by atoms with E-state index in [0.717, 1.165) is 50.0 Å². The SMILES string of the molecule is Cc1ccccc1N(C)CC1CNCCC1(CCc1ccccc1O)c1cccc(C(N)=O)c1. The molecule has 0 bridgehead atoms. The minimum atomic E-state index is -0.403. The summed E-state index contributed by atoms with van der Waals surface area (Å²) in [7, 11) is 2.16. The van der Waals surface area contributed by atoms with E-state index in [1.54, 1.807) is 12.1 Å². The molecule has 3 aromatic carbocycles. The van der Waals surface area contributed by atoms with Gasteiger partial charge >= 0.3 is 0 Å². The molecule has 1 saturated heterocycles. The third kappa shape index (κ3) is 4.95. The summed E-state index contributed by atoms with van der Waals surface area (Å²) in [4.78, 5) is 14.4. The first-order valence-electron chi connectivity index (χ1n) is 12.1. The fraction of sp³-hybridized carbons (Fsp3) is 0.345. The van der Waals surface area contributed by atoms with E-state index in [1.165, 1.54) is 11.3 Å². The molecule has 0 aromatic heterocycles. The van der Waals surface area contributed by atoms with Gasteiger partial charge < -0.3 is 21.1 Å². The topological polar surface area (TPSA) is 78.6 Å². The molecule has 0 aliphatic carbocycles. The number of nitrogens with zero attached hydrogens (tertiary/aromatic N) is 1. The number of benzene rings is 3. The van der Waals surface area contributed by atoms with Crippen LogP contribution in [-0.4, -0.2) is 37.7 Å². The van der Waals surface area contributed by atoms with Crippen LogP contribution in [0.5, 0.6) is 5.75 Å². The highest BCUT2D eigenvalue weighted by Crippen LogP contribution is 2.43. The number of carbonyl (C=O) groups excluding carboxylic acids is 1. The number of aryl methyl sites for hydroxylation is 2. The number of hydrogen-bond acceptors (Lipinski definition) is 4. The third-order valence-electron chi connectivity index (χ3n) is 7.50. The fourth-order valence-corrected chi connectivity index (χ4v) is 5.56. The molecule has 1 aliphatic heterocycles. The highest BCUT2D eigenvalue weighted by atomic mass is 16.3. The van der Waals surface area contributed by atoms with Crippen molar-refractivity contribution in [2.24, 2.45) is 11.7 Å². The van der Waals surface area contributed by atoms with Crippen molar-refractivity contribution in [2.75, 3.05) is 31.6 Å². The van der Waals surface area contributed by atoms with E-state index < -0.39 is 5.91 Å². The lowest BCUT2D eigenvalue weighted by Gasteiger charge is -2.47. The standard InChI is InChI=1S/C29H35N3O2/c1-21-8-3-5-12-26(21)32(2)20-25-19-31-17-16-29(25,15-14-22-9-4-6-13-27(22)33)24-11-7-10-23(18-24)28(30)34/h3-13,18,25,31,33H,14-17,19-20H2,1-2H3,(H2,30,34). The van der Waals surface area contributed by atoms with E-state index in [4.69, 9.17) is 5.73 Å². The number of phenolic OH excluding ortho intramolecular Hbond substituents is 1. The lowest BCUT2D eigenvalue weighted by atomic mass is 9.63. The number of rotatable bonds is 8. The van der Waals surface area contributed by atoms with Crippen molar-refractivity contribution in [1.82, 2.24) is 5.32 Å². The van der Waals surface area contributed by atoms with E-state index >= 15 is 0 Å². The number of nitrogens with one attached hydrogen (secondary N) is 1. The smallest absolute Gasteiger partial charge is 0.248 e. The normalized spacial score (nSPS) is 20.1. The van der Waals surface area contributed by atoms with Crippen LogP contribution in [0.1, 0.15) is 39.9 Å². The van der Waals surface area contributed by atoms with Crippen LogP contribution in [0.2, 0.25) is 0 Å². The monoisotopic (exact) mass is 457 g/mol. The van der Waals surface area contributed by atoms with E-state index in [1.807, 2.05) is 30.3 Å². The second-order valence-electron chi connectivity index (χ2n) is 9.55. The molecule has 4 rings (SSSR count). The summed E-state index contributed by atoms with van der Waals surface area (Å²) < 4.78 is 0. The van der Waals surface area contributed by atoms with Gasteiger partial charge in [0.05, 0.1) is 0 Å². The van der Waals surface area contributed by atoms with Crippen molar-refractivity contribution >= 4 is 11.6 Å². The molecule has 1 heterocycles. The second kappa shape index (κ2) is 10.3. The number of piperidine rings is 1. The van der Waals surface area contributed by atoms with Crippen LogP contribution in [0.15, 0.2) is 72.8 Å². The Balaban J connectivity index is 1.72. The van der Waals surface area contributed by atoms with Crippen molar-refractivity contribution in [2.45, 2.75) is 31.6 Å². The van der Waals surface area contributed by atoms with Gasteiger partial charge in [-0.25, -0.2) is 0 Å². The number of phenols is 1. The Kier molecular flexibility index (Phi) is 7.23. The second-order valence-corrected chi connectivity index (χ2v) is 9.55. The summed E-state index contributed by atoms with van der Waals surface area (Å²) in [5.74, 6) is 0.242. The molecule has 2 atom stereocenters. The predicted molar refractivity (Wildman–Crippen MR) is 138 cm³/mol. The van der Waals surface area contributed by atoms with Crippen molar-refractivity contribution in [1.29, 1.82) is 0 Å². The number of primary amides is 1. The molecule has 0 spiro atoms. The van der Waals surface area contributed by atoms with Gasteiger partial charge in [0.1, 0.15) is 5.75 Å². The zero-order valence-corrected chi connectivity index (χ0v) is 20.1. The number of nitrogens with two attached hydrogens (primary N) is 1. The molecule has 34 heavy (non-hydrogen) atoms. The van der Waals surface area contributed by atoms with Crippen LogP contribution in [0.25, 0.3) is 0 Å². The Morgan fingerprint density at radius 2 is 1.88 bits per heavy atom. The van der Waals surface area contributed by atoms with E-state index in [0.29, 0.717) is 17.2 Å². The average molecular weight is 458 g/mol. The number of anilines is 1. The molecule has 5 nitrogen and oxygen atoms in total. The van der Waals surface area contributed by atoms with Gasteiger partial charge in [-0.3, -0.25) is 4.79 Å². The van der Waals surface area contributed by atoms with Crippen LogP contribution in [0.4, 0.5) is 5.69 Å². The first-order valence-corrected chi connectivity index (χ1v) is 12.1. The highest BCUT2D eigenvalue weighted by molar-refractivity contribution is 5.93. The van der Waals surface area contributed by atoms with Crippen LogP contribution in [0.3, 0.4) is 0 Å². The Hall–Kier alpha value is -3.31. The Morgan fingerprint density at radius 1 is 1.12 bits per heavy atom. The lowest BCUT2D eigenvalue weighted by Crippen LogP contribution is -2.52. The van der Waals surface area contributed by atoms with Crippen molar-refractivity contribution < 1.29 is 9.90 Å². The molecule has 178 valence electrons. The van der Waals surface area contributed by atoms with Crippen LogP contribution < -0.4 is 16.0 Å². The molecule has 4 N–H and O–H groups in total. The molecule has 2 unspecified atom stereocenters. The van der Waals surface area contributed by atoms with Gasteiger partial charge in [0.25, 0.3) is 0 Å². The van der Waals surface area contributed by atoms with Gasteiger partial charge in [0.2, 0.25) is 5.91 Å². The molecule has 3 aromatic rings. The zero-order valence-electron chi connectivity index (χ0n) is 20.1. The summed E-state index contributed by atoms with van der Waals surface area (Å²) in [5.41, 5.74) is 10.6. The molecule has 0 radical (unpaired) electrons. The van der Waals surface area contributed by atoms with Gasteiger partial charge in [-0.05, 0) is 79.6 Å². The van der Waals surface area contributed by atoms with E-state index in [2.05, 4.69) is 54.5 Å². The largest absolute Gasteiger partial charge is 0.508 e. The molecular formula is C29H35N3O2. The number of amides is 1.